The summed E-state index contributed by atoms with van der Waals surface area (Å²) in [4.78, 5) is 4.24. The smallest absolute Gasteiger partial charge is 0.0951 e. The van der Waals surface area contributed by atoms with Crippen LogP contribution in [-0.4, -0.2) is 15.1 Å². The van der Waals surface area contributed by atoms with Crippen LogP contribution in [0, 0.1) is 0 Å². The predicted molar refractivity (Wildman–Crippen MR) is 73.1 cm³/mol. The molecule has 0 aliphatic heterocycles. The molecule has 0 saturated heterocycles. The van der Waals surface area contributed by atoms with Crippen LogP contribution in [-0.2, 0) is 6.54 Å². The summed E-state index contributed by atoms with van der Waals surface area (Å²) in [5.41, 5.74) is 1.56. The van der Waals surface area contributed by atoms with Crippen LogP contribution in [0.3, 0.4) is 0 Å². The lowest BCUT2D eigenvalue weighted by Crippen LogP contribution is -2.43. The summed E-state index contributed by atoms with van der Waals surface area (Å²) >= 11 is 0. The van der Waals surface area contributed by atoms with E-state index < -0.39 is 0 Å². The largest absolute Gasteiger partial charge is 0.331 e. The van der Waals surface area contributed by atoms with E-state index in [-0.39, 0.29) is 5.54 Å². The highest BCUT2D eigenvalue weighted by Crippen LogP contribution is 2.20. The number of hydrogen-bond acceptors (Lipinski definition) is 2. The molecule has 1 aromatic heterocycles. The molecule has 0 fully saturated rings. The van der Waals surface area contributed by atoms with Gasteiger partial charge in [0.05, 0.1) is 12.0 Å². The van der Waals surface area contributed by atoms with E-state index in [2.05, 4.69) is 49.5 Å². The van der Waals surface area contributed by atoms with Crippen molar-refractivity contribution in [1.82, 2.24) is 14.9 Å². The third-order valence-corrected chi connectivity index (χ3v) is 3.98. The first kappa shape index (κ1) is 14.2. The maximum atomic E-state index is 4.24. The van der Waals surface area contributed by atoms with E-state index in [1.807, 2.05) is 12.5 Å². The Balaban J connectivity index is 2.69. The van der Waals surface area contributed by atoms with Crippen molar-refractivity contribution in [2.45, 2.75) is 72.0 Å². The average Bonchev–Trinajstić information content (AvgIpc) is 2.80. The topological polar surface area (TPSA) is 29.9 Å². The monoisotopic (exact) mass is 237 g/mol. The molecule has 98 valence electrons. The summed E-state index contributed by atoms with van der Waals surface area (Å²) in [6.45, 7) is 12.1. The minimum absolute atomic E-state index is 0.284. The highest BCUT2D eigenvalue weighted by Gasteiger charge is 2.23. The summed E-state index contributed by atoms with van der Waals surface area (Å²) < 4.78 is 2.23. The molecule has 0 aliphatic rings. The zero-order valence-electron chi connectivity index (χ0n) is 12.0. The van der Waals surface area contributed by atoms with Gasteiger partial charge in [0, 0.05) is 24.3 Å². The summed E-state index contributed by atoms with van der Waals surface area (Å²) in [6.07, 6.45) is 7.42. The molecule has 3 heteroatoms. The zero-order valence-corrected chi connectivity index (χ0v) is 12.0. The summed E-state index contributed by atoms with van der Waals surface area (Å²) in [6, 6.07) is 0.480. The molecule has 0 amide bonds. The Kier molecular flexibility index (Phi) is 5.19. The van der Waals surface area contributed by atoms with Crippen molar-refractivity contribution in [2.75, 3.05) is 0 Å². The minimum Gasteiger partial charge on any atom is -0.331 e. The van der Waals surface area contributed by atoms with Gasteiger partial charge in [0.2, 0.25) is 0 Å². The molecule has 0 atom stereocenters. The fraction of sp³-hybridized carbons (Fsp3) is 0.786. The van der Waals surface area contributed by atoms with Gasteiger partial charge in [-0.05, 0) is 33.1 Å². The van der Waals surface area contributed by atoms with Crippen LogP contribution in [0.2, 0.25) is 0 Å². The summed E-state index contributed by atoms with van der Waals surface area (Å²) in [5.74, 6) is 0. The van der Waals surface area contributed by atoms with Gasteiger partial charge in [0.15, 0.2) is 0 Å². The average molecular weight is 237 g/mol. The van der Waals surface area contributed by atoms with Gasteiger partial charge in [-0.25, -0.2) is 4.98 Å². The van der Waals surface area contributed by atoms with Crippen molar-refractivity contribution in [3.05, 3.63) is 18.2 Å². The molecular weight excluding hydrogens is 210 g/mol. The van der Waals surface area contributed by atoms with Gasteiger partial charge >= 0.3 is 0 Å². The molecule has 0 radical (unpaired) electrons. The summed E-state index contributed by atoms with van der Waals surface area (Å²) in [5, 5.41) is 3.72. The molecule has 17 heavy (non-hydrogen) atoms. The molecule has 1 N–H and O–H groups in total. The van der Waals surface area contributed by atoms with E-state index in [4.69, 9.17) is 0 Å². The van der Waals surface area contributed by atoms with E-state index in [9.17, 15) is 0 Å². The highest BCUT2D eigenvalue weighted by atomic mass is 15.1. The highest BCUT2D eigenvalue weighted by molar-refractivity contribution is 5.01. The third-order valence-electron chi connectivity index (χ3n) is 3.98. The fourth-order valence-electron chi connectivity index (χ4n) is 2.34. The fourth-order valence-corrected chi connectivity index (χ4v) is 2.34. The molecule has 0 aliphatic carbocycles. The van der Waals surface area contributed by atoms with Gasteiger partial charge in [-0.1, -0.05) is 20.8 Å². The molecule has 1 rings (SSSR count). The Morgan fingerprint density at radius 3 is 2.29 bits per heavy atom. The lowest BCUT2D eigenvalue weighted by molar-refractivity contribution is 0.284. The molecular formula is C14H27N3. The first-order valence-corrected chi connectivity index (χ1v) is 6.84. The molecule has 0 saturated carbocycles. The van der Waals surface area contributed by atoms with Gasteiger partial charge in [-0.3, -0.25) is 0 Å². The Labute approximate surface area is 106 Å². The van der Waals surface area contributed by atoms with Gasteiger partial charge in [-0.15, -0.1) is 0 Å². The van der Waals surface area contributed by atoms with Crippen LogP contribution < -0.4 is 5.32 Å². The maximum absolute atomic E-state index is 4.24. The Morgan fingerprint density at radius 1 is 1.24 bits per heavy atom. The van der Waals surface area contributed by atoms with E-state index in [0.717, 1.165) is 6.54 Å². The zero-order chi connectivity index (χ0) is 12.9. The molecule has 3 nitrogen and oxygen atoms in total. The van der Waals surface area contributed by atoms with E-state index in [1.54, 1.807) is 0 Å². The first-order valence-electron chi connectivity index (χ1n) is 6.84. The maximum Gasteiger partial charge on any atom is 0.0951 e. The lowest BCUT2D eigenvalue weighted by atomic mass is 9.90. The van der Waals surface area contributed by atoms with E-state index >= 15 is 0 Å². The van der Waals surface area contributed by atoms with Crippen LogP contribution in [0.1, 0.15) is 65.6 Å². The van der Waals surface area contributed by atoms with E-state index in [0.29, 0.717) is 6.04 Å². The third kappa shape index (κ3) is 3.32. The van der Waals surface area contributed by atoms with Gasteiger partial charge in [0.1, 0.15) is 0 Å². The predicted octanol–water partition coefficient (Wildman–Crippen LogP) is 3.52. The van der Waals surface area contributed by atoms with Crippen molar-refractivity contribution in [3.8, 4) is 0 Å². The van der Waals surface area contributed by atoms with Crippen LogP contribution in [0.15, 0.2) is 12.5 Å². The number of aromatic nitrogens is 2. The van der Waals surface area contributed by atoms with Crippen LogP contribution in [0.4, 0.5) is 0 Å². The van der Waals surface area contributed by atoms with Crippen molar-refractivity contribution < 1.29 is 0 Å². The van der Waals surface area contributed by atoms with Crippen LogP contribution >= 0.6 is 0 Å². The Bertz CT molecular complexity index is 316. The van der Waals surface area contributed by atoms with Crippen molar-refractivity contribution in [2.24, 2.45) is 0 Å². The van der Waals surface area contributed by atoms with Crippen LogP contribution in [0.5, 0.6) is 0 Å². The van der Waals surface area contributed by atoms with Gasteiger partial charge < -0.3 is 9.88 Å². The molecule has 1 aromatic rings. The van der Waals surface area contributed by atoms with Gasteiger partial charge in [0.25, 0.3) is 0 Å². The molecule has 0 unspecified atom stereocenters. The number of nitrogens with one attached hydrogen (secondary N) is 1. The van der Waals surface area contributed by atoms with Crippen molar-refractivity contribution >= 4 is 0 Å². The number of nitrogens with zero attached hydrogens (tertiary/aromatic N) is 2. The first-order chi connectivity index (χ1) is 8.08. The minimum atomic E-state index is 0.284. The normalized spacial score (nSPS) is 12.4. The standard InChI is InChI=1S/C14H27N3/c1-6-14(7-2,8-3)16-10-13-9-15-11-17(13)12(4)5/h9,11-12,16H,6-8,10H2,1-5H3. The quantitative estimate of drug-likeness (QED) is 0.786. The Morgan fingerprint density at radius 2 is 1.82 bits per heavy atom. The second-order valence-corrected chi connectivity index (χ2v) is 5.08. The summed E-state index contributed by atoms with van der Waals surface area (Å²) in [7, 11) is 0. The molecule has 0 spiro atoms. The lowest BCUT2D eigenvalue weighted by Gasteiger charge is -2.32. The van der Waals surface area contributed by atoms with Crippen LogP contribution in [0.25, 0.3) is 0 Å². The van der Waals surface area contributed by atoms with Gasteiger partial charge in [-0.2, -0.15) is 0 Å². The van der Waals surface area contributed by atoms with E-state index in [1.165, 1.54) is 25.0 Å². The molecule has 0 aromatic carbocycles. The molecule has 1 heterocycles. The SMILES string of the molecule is CCC(CC)(CC)NCc1cncn1C(C)C. The number of imidazole rings is 1. The molecule has 0 bridgehead atoms. The number of rotatable bonds is 7. The van der Waals surface area contributed by atoms with Crippen molar-refractivity contribution in [1.29, 1.82) is 0 Å². The second-order valence-electron chi connectivity index (χ2n) is 5.08. The number of hydrogen-bond donors (Lipinski definition) is 1. The Hall–Kier alpha value is -0.830. The second kappa shape index (κ2) is 6.20. The van der Waals surface area contributed by atoms with Crippen molar-refractivity contribution in [3.63, 3.8) is 0 Å².